The van der Waals surface area contributed by atoms with E-state index in [9.17, 15) is 9.59 Å². The smallest absolute Gasteiger partial charge is 0.338 e. The van der Waals surface area contributed by atoms with Crippen molar-refractivity contribution >= 4 is 27.7 Å². The molecule has 1 aromatic rings. The van der Waals surface area contributed by atoms with Crippen LogP contribution in [0.25, 0.3) is 0 Å². The normalized spacial score (nSPS) is 12.0. The highest BCUT2D eigenvalue weighted by atomic mass is 79.9. The SMILES string of the molecule is COC(=O)c1cc(C(=O)C(C)Br)ccc1C. The lowest BCUT2D eigenvalue weighted by Gasteiger charge is -2.07. The molecule has 0 heterocycles. The Morgan fingerprint density at radius 2 is 2.00 bits per heavy atom. The second kappa shape index (κ2) is 5.25. The lowest BCUT2D eigenvalue weighted by molar-refractivity contribution is 0.0600. The molecule has 0 radical (unpaired) electrons. The van der Waals surface area contributed by atoms with Crippen molar-refractivity contribution < 1.29 is 14.3 Å². The summed E-state index contributed by atoms with van der Waals surface area (Å²) in [5.41, 5.74) is 1.74. The third-order valence-corrected chi connectivity index (χ3v) is 2.70. The maximum atomic E-state index is 11.7. The van der Waals surface area contributed by atoms with Crippen LogP contribution in [0.2, 0.25) is 0 Å². The molecule has 1 rings (SSSR count). The molecule has 0 spiro atoms. The lowest BCUT2D eigenvalue weighted by atomic mass is 10.0. The number of ketones is 1. The standard InChI is InChI=1S/C12H13BrO3/c1-7-4-5-9(11(14)8(2)13)6-10(7)12(15)16-3/h4-6,8H,1-3H3. The van der Waals surface area contributed by atoms with E-state index in [1.807, 2.05) is 0 Å². The van der Waals surface area contributed by atoms with Crippen molar-refractivity contribution in [2.75, 3.05) is 7.11 Å². The largest absolute Gasteiger partial charge is 0.465 e. The minimum Gasteiger partial charge on any atom is -0.465 e. The number of hydrogen-bond donors (Lipinski definition) is 0. The predicted molar refractivity (Wildman–Crippen MR) is 65.2 cm³/mol. The zero-order valence-corrected chi connectivity index (χ0v) is 11.0. The molecule has 0 aliphatic heterocycles. The zero-order chi connectivity index (χ0) is 12.3. The molecule has 0 N–H and O–H groups in total. The quantitative estimate of drug-likeness (QED) is 0.487. The molecule has 0 amide bonds. The number of esters is 1. The number of halogens is 1. The summed E-state index contributed by atoms with van der Waals surface area (Å²) in [6.45, 7) is 3.55. The first kappa shape index (κ1) is 12.9. The van der Waals surface area contributed by atoms with E-state index in [0.717, 1.165) is 5.56 Å². The highest BCUT2D eigenvalue weighted by Gasteiger charge is 2.16. The molecular formula is C12H13BrO3. The van der Waals surface area contributed by atoms with Gasteiger partial charge in [0.2, 0.25) is 0 Å². The Kier molecular flexibility index (Phi) is 4.24. The van der Waals surface area contributed by atoms with Crippen LogP contribution in [0.4, 0.5) is 0 Å². The summed E-state index contributed by atoms with van der Waals surface area (Å²) in [5.74, 6) is -0.473. The van der Waals surface area contributed by atoms with Gasteiger partial charge in [0.1, 0.15) is 0 Å². The molecule has 1 aromatic carbocycles. The molecule has 0 saturated carbocycles. The molecular weight excluding hydrogens is 272 g/mol. The highest BCUT2D eigenvalue weighted by molar-refractivity contribution is 9.10. The molecule has 0 saturated heterocycles. The molecule has 0 bridgehead atoms. The van der Waals surface area contributed by atoms with Crippen molar-refractivity contribution in [1.29, 1.82) is 0 Å². The number of hydrogen-bond acceptors (Lipinski definition) is 3. The van der Waals surface area contributed by atoms with Gasteiger partial charge in [-0.2, -0.15) is 0 Å². The van der Waals surface area contributed by atoms with Gasteiger partial charge in [-0.15, -0.1) is 0 Å². The monoisotopic (exact) mass is 284 g/mol. The average molecular weight is 285 g/mol. The maximum absolute atomic E-state index is 11.7. The van der Waals surface area contributed by atoms with Gasteiger partial charge in [0.25, 0.3) is 0 Å². The van der Waals surface area contributed by atoms with Crippen LogP contribution in [-0.2, 0) is 4.74 Å². The van der Waals surface area contributed by atoms with E-state index >= 15 is 0 Å². The molecule has 0 aliphatic rings. The molecule has 86 valence electrons. The average Bonchev–Trinajstić information content (AvgIpc) is 2.27. The number of methoxy groups -OCH3 is 1. The van der Waals surface area contributed by atoms with Crippen LogP contribution >= 0.6 is 15.9 Å². The number of carbonyl (C=O) groups excluding carboxylic acids is 2. The van der Waals surface area contributed by atoms with E-state index < -0.39 is 5.97 Å². The van der Waals surface area contributed by atoms with Gasteiger partial charge in [-0.1, -0.05) is 28.1 Å². The maximum Gasteiger partial charge on any atom is 0.338 e. The molecule has 0 fully saturated rings. The Hall–Kier alpha value is -1.16. The fourth-order valence-electron chi connectivity index (χ4n) is 1.33. The number of alkyl halides is 1. The van der Waals surface area contributed by atoms with Gasteiger partial charge in [0, 0.05) is 5.56 Å². The van der Waals surface area contributed by atoms with Crippen LogP contribution in [0.3, 0.4) is 0 Å². The second-order valence-corrected chi connectivity index (χ2v) is 4.88. The van der Waals surface area contributed by atoms with E-state index in [0.29, 0.717) is 11.1 Å². The van der Waals surface area contributed by atoms with Gasteiger partial charge in [-0.25, -0.2) is 4.79 Å². The summed E-state index contributed by atoms with van der Waals surface area (Å²) in [5, 5.41) is 0. The summed E-state index contributed by atoms with van der Waals surface area (Å²) in [7, 11) is 1.32. The topological polar surface area (TPSA) is 43.4 Å². The molecule has 1 atom stereocenters. The molecule has 16 heavy (non-hydrogen) atoms. The first-order valence-corrected chi connectivity index (χ1v) is 5.76. The first-order valence-electron chi connectivity index (χ1n) is 4.84. The Labute approximate surface area is 103 Å². The van der Waals surface area contributed by atoms with Gasteiger partial charge in [-0.05, 0) is 25.5 Å². The molecule has 1 unspecified atom stereocenters. The Balaban J connectivity index is 3.17. The fraction of sp³-hybridized carbons (Fsp3) is 0.333. The Morgan fingerprint density at radius 3 is 2.50 bits per heavy atom. The molecule has 3 nitrogen and oxygen atoms in total. The lowest BCUT2D eigenvalue weighted by Crippen LogP contribution is -2.12. The van der Waals surface area contributed by atoms with Crippen molar-refractivity contribution in [2.24, 2.45) is 0 Å². The summed E-state index contributed by atoms with van der Waals surface area (Å²) >= 11 is 3.21. The number of Topliss-reactive ketones (excluding diaryl/α,β-unsaturated/α-hetero) is 1. The van der Waals surface area contributed by atoms with E-state index in [1.54, 1.807) is 32.0 Å². The third-order valence-electron chi connectivity index (χ3n) is 2.29. The predicted octanol–water partition coefficient (Wildman–Crippen LogP) is 2.75. The van der Waals surface area contributed by atoms with Crippen molar-refractivity contribution in [1.82, 2.24) is 0 Å². The highest BCUT2D eigenvalue weighted by Crippen LogP contribution is 2.16. The van der Waals surface area contributed by atoms with E-state index in [-0.39, 0.29) is 10.6 Å². The van der Waals surface area contributed by atoms with Crippen LogP contribution in [0.5, 0.6) is 0 Å². The number of aryl methyl sites for hydroxylation is 1. The number of carbonyl (C=O) groups is 2. The fourth-order valence-corrected chi connectivity index (χ4v) is 1.60. The van der Waals surface area contributed by atoms with Crippen LogP contribution in [0.1, 0.15) is 33.2 Å². The van der Waals surface area contributed by atoms with Crippen molar-refractivity contribution in [3.8, 4) is 0 Å². The van der Waals surface area contributed by atoms with Gasteiger partial charge < -0.3 is 4.74 Å². The molecule has 0 aromatic heterocycles. The van der Waals surface area contributed by atoms with Crippen LogP contribution in [0, 0.1) is 6.92 Å². The van der Waals surface area contributed by atoms with E-state index in [1.165, 1.54) is 7.11 Å². The molecule has 4 heteroatoms. The summed E-state index contributed by atoms with van der Waals surface area (Å²) < 4.78 is 4.65. The minimum atomic E-state index is -0.422. The Bertz CT molecular complexity index is 424. The number of benzene rings is 1. The summed E-state index contributed by atoms with van der Waals surface area (Å²) in [6.07, 6.45) is 0. The molecule has 0 aliphatic carbocycles. The zero-order valence-electron chi connectivity index (χ0n) is 9.41. The van der Waals surface area contributed by atoms with Crippen LogP contribution < -0.4 is 0 Å². The summed E-state index contributed by atoms with van der Waals surface area (Å²) in [6, 6.07) is 5.03. The summed E-state index contributed by atoms with van der Waals surface area (Å²) in [4.78, 5) is 22.9. The third kappa shape index (κ3) is 2.70. The minimum absolute atomic E-state index is 0.0508. The van der Waals surface area contributed by atoms with Crippen LogP contribution in [-0.4, -0.2) is 23.7 Å². The van der Waals surface area contributed by atoms with Gasteiger partial charge in [0.05, 0.1) is 17.5 Å². The number of rotatable bonds is 3. The van der Waals surface area contributed by atoms with E-state index in [2.05, 4.69) is 20.7 Å². The second-order valence-electron chi connectivity index (χ2n) is 3.50. The van der Waals surface area contributed by atoms with Crippen LogP contribution in [0.15, 0.2) is 18.2 Å². The van der Waals surface area contributed by atoms with Crippen molar-refractivity contribution in [2.45, 2.75) is 18.7 Å². The van der Waals surface area contributed by atoms with Crippen molar-refractivity contribution in [3.05, 3.63) is 34.9 Å². The van der Waals surface area contributed by atoms with E-state index in [4.69, 9.17) is 0 Å². The van der Waals surface area contributed by atoms with Gasteiger partial charge >= 0.3 is 5.97 Å². The first-order chi connectivity index (χ1) is 7.47. The Morgan fingerprint density at radius 1 is 1.38 bits per heavy atom. The van der Waals surface area contributed by atoms with Gasteiger partial charge in [-0.3, -0.25) is 4.79 Å². The number of ether oxygens (including phenoxy) is 1. The van der Waals surface area contributed by atoms with Crippen molar-refractivity contribution in [3.63, 3.8) is 0 Å². The van der Waals surface area contributed by atoms with Gasteiger partial charge in [0.15, 0.2) is 5.78 Å².